The maximum Gasteiger partial charge on any atom is 0.226 e. The highest BCUT2D eigenvalue weighted by atomic mass is 16.5. The molecule has 0 aromatic heterocycles. The lowest BCUT2D eigenvalue weighted by Crippen LogP contribution is -2.50. The molecule has 1 aromatic rings. The fraction of sp³-hybridized carbons (Fsp3) is 0.500. The minimum Gasteiger partial charge on any atom is -0.381 e. The van der Waals surface area contributed by atoms with E-state index in [-0.39, 0.29) is 11.8 Å². The smallest absolute Gasteiger partial charge is 0.226 e. The Labute approximate surface area is 108 Å². The van der Waals surface area contributed by atoms with Gasteiger partial charge in [0.15, 0.2) is 0 Å². The summed E-state index contributed by atoms with van der Waals surface area (Å²) >= 11 is 0. The summed E-state index contributed by atoms with van der Waals surface area (Å²) in [4.78, 5) is 12.1. The molecule has 4 heteroatoms. The van der Waals surface area contributed by atoms with Crippen LogP contribution < -0.4 is 11.1 Å². The van der Waals surface area contributed by atoms with Gasteiger partial charge in [-0.15, -0.1) is 0 Å². The van der Waals surface area contributed by atoms with Crippen LogP contribution in [0.3, 0.4) is 0 Å². The number of amides is 1. The molecule has 4 nitrogen and oxygen atoms in total. The van der Waals surface area contributed by atoms with E-state index >= 15 is 0 Å². The van der Waals surface area contributed by atoms with Gasteiger partial charge in [0.25, 0.3) is 0 Å². The third-order valence-electron chi connectivity index (χ3n) is 3.52. The van der Waals surface area contributed by atoms with Gasteiger partial charge in [-0.3, -0.25) is 4.79 Å². The zero-order valence-electron chi connectivity index (χ0n) is 10.7. The Morgan fingerprint density at radius 1 is 1.50 bits per heavy atom. The lowest BCUT2D eigenvalue weighted by atomic mass is 9.91. The van der Waals surface area contributed by atoms with Crippen molar-refractivity contribution in [3.8, 4) is 0 Å². The number of benzene rings is 1. The van der Waals surface area contributed by atoms with Crippen molar-refractivity contribution in [2.45, 2.75) is 18.9 Å². The van der Waals surface area contributed by atoms with Crippen LogP contribution in [0.1, 0.15) is 18.9 Å². The molecule has 1 aliphatic rings. The first-order valence-electron chi connectivity index (χ1n) is 6.31. The van der Waals surface area contributed by atoms with Crippen molar-refractivity contribution in [2.75, 3.05) is 19.8 Å². The minimum absolute atomic E-state index is 0.0318. The maximum absolute atomic E-state index is 12.1. The van der Waals surface area contributed by atoms with Gasteiger partial charge in [0.1, 0.15) is 0 Å². The molecule has 18 heavy (non-hydrogen) atoms. The maximum atomic E-state index is 12.1. The van der Waals surface area contributed by atoms with Crippen LogP contribution in [0.4, 0.5) is 0 Å². The van der Waals surface area contributed by atoms with Gasteiger partial charge in [0.05, 0.1) is 18.1 Å². The molecule has 0 radical (unpaired) electrons. The van der Waals surface area contributed by atoms with Crippen LogP contribution in [0.15, 0.2) is 30.3 Å². The van der Waals surface area contributed by atoms with E-state index in [4.69, 9.17) is 10.5 Å². The Bertz CT molecular complexity index is 402. The fourth-order valence-electron chi connectivity index (χ4n) is 2.16. The molecule has 1 aliphatic heterocycles. The van der Waals surface area contributed by atoms with Crippen LogP contribution in [0.25, 0.3) is 0 Å². The summed E-state index contributed by atoms with van der Waals surface area (Å²) in [5.41, 5.74) is 6.35. The topological polar surface area (TPSA) is 64.3 Å². The zero-order valence-corrected chi connectivity index (χ0v) is 10.7. The monoisotopic (exact) mass is 248 g/mol. The normalized spacial score (nSPS) is 22.4. The Balaban J connectivity index is 2.10. The number of carbonyl (C=O) groups excluding carboxylic acids is 1. The average molecular weight is 248 g/mol. The summed E-state index contributed by atoms with van der Waals surface area (Å²) in [5.74, 6) is -0.0103. The second-order valence-corrected chi connectivity index (χ2v) is 4.95. The molecule has 0 saturated carbocycles. The number of nitrogens with two attached hydrogens (primary N) is 1. The standard InChI is InChI=1S/C14H20N2O2/c1-14(10-15,12-5-3-2-4-6-12)16-13(17)11-7-8-18-9-11/h2-6,11H,7-10,15H2,1H3,(H,16,17). The van der Waals surface area contributed by atoms with E-state index in [1.807, 2.05) is 37.3 Å². The number of hydrogen-bond acceptors (Lipinski definition) is 3. The van der Waals surface area contributed by atoms with Gasteiger partial charge in [-0.05, 0) is 18.9 Å². The lowest BCUT2D eigenvalue weighted by Gasteiger charge is -2.31. The third-order valence-corrected chi connectivity index (χ3v) is 3.52. The van der Waals surface area contributed by atoms with Gasteiger partial charge >= 0.3 is 0 Å². The average Bonchev–Trinajstić information content (AvgIpc) is 2.93. The summed E-state index contributed by atoms with van der Waals surface area (Å²) in [5, 5.41) is 3.06. The molecule has 1 fully saturated rings. The first-order chi connectivity index (χ1) is 8.65. The van der Waals surface area contributed by atoms with Crippen molar-refractivity contribution in [3.63, 3.8) is 0 Å². The molecule has 98 valence electrons. The van der Waals surface area contributed by atoms with E-state index in [0.29, 0.717) is 19.8 Å². The van der Waals surface area contributed by atoms with Crippen LogP contribution >= 0.6 is 0 Å². The molecule has 2 rings (SSSR count). The lowest BCUT2D eigenvalue weighted by molar-refractivity contribution is -0.126. The van der Waals surface area contributed by atoms with Crippen LogP contribution in [0.2, 0.25) is 0 Å². The molecular weight excluding hydrogens is 228 g/mol. The molecule has 0 spiro atoms. The van der Waals surface area contributed by atoms with Crippen molar-refractivity contribution < 1.29 is 9.53 Å². The highest BCUT2D eigenvalue weighted by molar-refractivity contribution is 5.80. The first-order valence-corrected chi connectivity index (χ1v) is 6.31. The van der Waals surface area contributed by atoms with Gasteiger partial charge in [-0.25, -0.2) is 0 Å². The van der Waals surface area contributed by atoms with Crippen LogP contribution in [0.5, 0.6) is 0 Å². The second kappa shape index (κ2) is 5.50. The van der Waals surface area contributed by atoms with Crippen LogP contribution in [0, 0.1) is 5.92 Å². The number of ether oxygens (including phenoxy) is 1. The molecule has 3 N–H and O–H groups in total. The zero-order chi connectivity index (χ0) is 13.0. The molecule has 0 bridgehead atoms. The molecule has 1 saturated heterocycles. The predicted molar refractivity (Wildman–Crippen MR) is 69.9 cm³/mol. The van der Waals surface area contributed by atoms with Crippen LogP contribution in [-0.4, -0.2) is 25.7 Å². The second-order valence-electron chi connectivity index (χ2n) is 4.95. The van der Waals surface area contributed by atoms with E-state index < -0.39 is 5.54 Å². The fourth-order valence-corrected chi connectivity index (χ4v) is 2.16. The highest BCUT2D eigenvalue weighted by Gasteiger charge is 2.31. The summed E-state index contributed by atoms with van der Waals surface area (Å²) in [7, 11) is 0. The van der Waals surface area contributed by atoms with Gasteiger partial charge < -0.3 is 15.8 Å². The quantitative estimate of drug-likeness (QED) is 0.836. The Morgan fingerprint density at radius 2 is 2.22 bits per heavy atom. The minimum atomic E-state index is -0.513. The van der Waals surface area contributed by atoms with E-state index in [1.165, 1.54) is 0 Å². The SMILES string of the molecule is CC(CN)(NC(=O)C1CCOC1)c1ccccc1. The molecule has 2 unspecified atom stereocenters. The molecule has 1 heterocycles. The highest BCUT2D eigenvalue weighted by Crippen LogP contribution is 2.21. The molecule has 1 amide bonds. The Hall–Kier alpha value is -1.39. The van der Waals surface area contributed by atoms with Crippen molar-refractivity contribution in [3.05, 3.63) is 35.9 Å². The van der Waals surface area contributed by atoms with E-state index in [1.54, 1.807) is 0 Å². The molecular formula is C14H20N2O2. The summed E-state index contributed by atoms with van der Waals surface area (Å²) in [6.45, 7) is 3.51. The summed E-state index contributed by atoms with van der Waals surface area (Å²) in [6.07, 6.45) is 0.793. The van der Waals surface area contributed by atoms with Crippen LogP contribution in [-0.2, 0) is 15.1 Å². The molecule has 1 aromatic carbocycles. The van der Waals surface area contributed by atoms with Gasteiger partial charge in [-0.2, -0.15) is 0 Å². The van der Waals surface area contributed by atoms with Gasteiger partial charge in [0, 0.05) is 13.2 Å². The van der Waals surface area contributed by atoms with Gasteiger partial charge in [0.2, 0.25) is 5.91 Å². The van der Waals surface area contributed by atoms with E-state index in [0.717, 1.165) is 12.0 Å². The molecule has 0 aliphatic carbocycles. The van der Waals surface area contributed by atoms with Crippen molar-refractivity contribution in [1.82, 2.24) is 5.32 Å². The summed E-state index contributed by atoms with van der Waals surface area (Å²) < 4.78 is 5.24. The van der Waals surface area contributed by atoms with E-state index in [9.17, 15) is 4.79 Å². The number of carbonyl (C=O) groups is 1. The van der Waals surface area contributed by atoms with Crippen molar-refractivity contribution >= 4 is 5.91 Å². The van der Waals surface area contributed by atoms with Crippen molar-refractivity contribution in [2.24, 2.45) is 11.7 Å². The Kier molecular flexibility index (Phi) is 3.99. The van der Waals surface area contributed by atoms with Crippen molar-refractivity contribution in [1.29, 1.82) is 0 Å². The number of rotatable bonds is 4. The van der Waals surface area contributed by atoms with Gasteiger partial charge in [-0.1, -0.05) is 30.3 Å². The molecule has 2 atom stereocenters. The third kappa shape index (κ3) is 2.71. The largest absolute Gasteiger partial charge is 0.381 e. The predicted octanol–water partition coefficient (Wildman–Crippen LogP) is 1.01. The first kappa shape index (κ1) is 13.1. The Morgan fingerprint density at radius 3 is 2.78 bits per heavy atom. The summed E-state index contributed by atoms with van der Waals surface area (Å²) in [6, 6.07) is 9.83. The number of nitrogens with one attached hydrogen (secondary N) is 1. The number of hydrogen-bond donors (Lipinski definition) is 2. The van der Waals surface area contributed by atoms with E-state index in [2.05, 4.69) is 5.32 Å².